The van der Waals surface area contributed by atoms with Crippen LogP contribution >= 0.6 is 0 Å². The first-order valence-electron chi connectivity index (χ1n) is 2.69. The summed E-state index contributed by atoms with van der Waals surface area (Å²) in [6.07, 6.45) is 0. The van der Waals surface area contributed by atoms with Gasteiger partial charge in [-0.05, 0) is 6.92 Å². The maximum Gasteiger partial charge on any atom is 0.291 e. The van der Waals surface area contributed by atoms with Crippen LogP contribution in [-0.2, 0) is 4.74 Å². The van der Waals surface area contributed by atoms with E-state index >= 15 is 0 Å². The number of amidine groups is 2. The van der Waals surface area contributed by atoms with Crippen LogP contribution in [0.5, 0.6) is 0 Å². The smallest absolute Gasteiger partial charge is 0.291 e. The van der Waals surface area contributed by atoms with Crippen molar-refractivity contribution in [2.24, 2.45) is 9.98 Å². The van der Waals surface area contributed by atoms with Gasteiger partial charge in [-0.25, -0.2) is 9.98 Å². The Bertz CT molecular complexity index is 162. The maximum absolute atomic E-state index is 4.82. The van der Waals surface area contributed by atoms with Gasteiger partial charge < -0.3 is 4.74 Å². The summed E-state index contributed by atoms with van der Waals surface area (Å²) in [6.45, 7) is 2.34. The first-order chi connectivity index (χ1) is 4.33. The van der Waals surface area contributed by atoms with E-state index in [0.29, 0.717) is 12.7 Å². The van der Waals surface area contributed by atoms with Crippen molar-refractivity contribution in [2.45, 2.75) is 6.92 Å². The molecule has 1 heterocycles. The summed E-state index contributed by atoms with van der Waals surface area (Å²) in [5.74, 6) is 0.849. The number of hydrogen-bond donors (Lipinski definition) is 1. The van der Waals surface area contributed by atoms with Crippen molar-refractivity contribution in [1.29, 1.82) is 0 Å². The SMILES string of the molecule is COC1=NCN=C(C)N1. The molecule has 1 aliphatic heterocycles. The van der Waals surface area contributed by atoms with Gasteiger partial charge in [-0.2, -0.15) is 0 Å². The van der Waals surface area contributed by atoms with E-state index in [4.69, 9.17) is 4.74 Å². The molecular weight excluding hydrogens is 118 g/mol. The van der Waals surface area contributed by atoms with E-state index in [0.717, 1.165) is 5.84 Å². The van der Waals surface area contributed by atoms with Crippen molar-refractivity contribution in [1.82, 2.24) is 5.32 Å². The lowest BCUT2D eigenvalue weighted by Gasteiger charge is -2.10. The fraction of sp³-hybridized carbons (Fsp3) is 0.600. The summed E-state index contributed by atoms with van der Waals surface area (Å²) in [6, 6.07) is 0.544. The predicted molar refractivity (Wildman–Crippen MR) is 35.6 cm³/mol. The van der Waals surface area contributed by atoms with Crippen LogP contribution in [-0.4, -0.2) is 25.6 Å². The lowest BCUT2D eigenvalue weighted by Crippen LogP contribution is -2.32. The molecule has 0 unspecified atom stereocenters. The molecule has 50 valence electrons. The molecular formula is C5H9N3O. The van der Waals surface area contributed by atoms with Gasteiger partial charge in [0.25, 0.3) is 6.02 Å². The Morgan fingerprint density at radius 3 is 2.78 bits per heavy atom. The number of methoxy groups -OCH3 is 1. The molecule has 0 radical (unpaired) electrons. The zero-order valence-corrected chi connectivity index (χ0v) is 5.51. The zero-order valence-electron chi connectivity index (χ0n) is 5.51. The Morgan fingerprint density at radius 2 is 2.33 bits per heavy atom. The van der Waals surface area contributed by atoms with Crippen LogP contribution in [0.4, 0.5) is 0 Å². The Hall–Kier alpha value is -1.06. The Kier molecular flexibility index (Phi) is 1.67. The van der Waals surface area contributed by atoms with Crippen LogP contribution in [0.3, 0.4) is 0 Å². The van der Waals surface area contributed by atoms with Crippen LogP contribution < -0.4 is 5.32 Å². The van der Waals surface area contributed by atoms with Crippen molar-refractivity contribution in [3.8, 4) is 0 Å². The standard InChI is InChI=1S/C5H9N3O/c1-4-6-3-7-5(8-4)9-2/h3H2,1-2H3,(H,6,7,8). The zero-order chi connectivity index (χ0) is 6.69. The first-order valence-corrected chi connectivity index (χ1v) is 2.69. The van der Waals surface area contributed by atoms with Crippen LogP contribution in [0, 0.1) is 0 Å². The number of nitrogens with zero attached hydrogens (tertiary/aromatic N) is 2. The van der Waals surface area contributed by atoms with Crippen LogP contribution in [0.2, 0.25) is 0 Å². The minimum atomic E-state index is 0.474. The van der Waals surface area contributed by atoms with Crippen molar-refractivity contribution < 1.29 is 4.74 Å². The highest BCUT2D eigenvalue weighted by atomic mass is 16.5. The molecule has 1 rings (SSSR count). The van der Waals surface area contributed by atoms with E-state index in [1.807, 2.05) is 6.92 Å². The minimum absolute atomic E-state index is 0.474. The second kappa shape index (κ2) is 2.48. The van der Waals surface area contributed by atoms with Gasteiger partial charge in [0.1, 0.15) is 12.5 Å². The van der Waals surface area contributed by atoms with Gasteiger partial charge in [0.15, 0.2) is 0 Å². The summed E-state index contributed by atoms with van der Waals surface area (Å²) in [4.78, 5) is 7.86. The summed E-state index contributed by atoms with van der Waals surface area (Å²) < 4.78 is 4.82. The van der Waals surface area contributed by atoms with Crippen LogP contribution in [0.1, 0.15) is 6.92 Å². The number of nitrogens with one attached hydrogen (secondary N) is 1. The highest BCUT2D eigenvalue weighted by molar-refractivity contribution is 5.97. The van der Waals surface area contributed by atoms with Crippen LogP contribution in [0.15, 0.2) is 9.98 Å². The highest BCUT2D eigenvalue weighted by Crippen LogP contribution is 1.86. The molecule has 4 nitrogen and oxygen atoms in total. The third-order valence-electron chi connectivity index (χ3n) is 1.00. The molecule has 0 aliphatic carbocycles. The van der Waals surface area contributed by atoms with Gasteiger partial charge in [-0.3, -0.25) is 5.32 Å². The highest BCUT2D eigenvalue weighted by Gasteiger charge is 2.01. The molecule has 0 aromatic carbocycles. The molecule has 0 saturated carbocycles. The van der Waals surface area contributed by atoms with E-state index < -0.39 is 0 Å². The molecule has 0 saturated heterocycles. The summed E-state index contributed by atoms with van der Waals surface area (Å²) in [5, 5.41) is 2.84. The molecule has 1 aliphatic rings. The molecule has 0 atom stereocenters. The van der Waals surface area contributed by atoms with Gasteiger partial charge in [-0.1, -0.05) is 0 Å². The van der Waals surface area contributed by atoms with Crippen molar-refractivity contribution in [2.75, 3.05) is 13.8 Å². The number of aliphatic imine (C=N–C) groups is 2. The normalized spacial score (nSPS) is 17.6. The molecule has 1 N–H and O–H groups in total. The molecule has 0 bridgehead atoms. The largest absolute Gasteiger partial charge is 0.468 e. The fourth-order valence-corrected chi connectivity index (χ4v) is 0.555. The molecule has 0 fully saturated rings. The third kappa shape index (κ3) is 1.42. The third-order valence-corrected chi connectivity index (χ3v) is 1.00. The number of hydrogen-bond acceptors (Lipinski definition) is 4. The monoisotopic (exact) mass is 127 g/mol. The molecule has 4 heteroatoms. The molecule has 0 spiro atoms. The molecule has 0 aromatic heterocycles. The van der Waals surface area contributed by atoms with Gasteiger partial charge in [0.05, 0.1) is 7.11 Å². The van der Waals surface area contributed by atoms with Gasteiger partial charge >= 0.3 is 0 Å². The summed E-state index contributed by atoms with van der Waals surface area (Å²) in [7, 11) is 1.57. The molecule has 0 amide bonds. The average Bonchev–Trinajstić information content (AvgIpc) is 1.88. The number of ether oxygens (including phenoxy) is 1. The van der Waals surface area contributed by atoms with Gasteiger partial charge in [-0.15, -0.1) is 0 Å². The van der Waals surface area contributed by atoms with Crippen LogP contribution in [0.25, 0.3) is 0 Å². The summed E-state index contributed by atoms with van der Waals surface area (Å²) in [5.41, 5.74) is 0. The van der Waals surface area contributed by atoms with Gasteiger partial charge in [0, 0.05) is 0 Å². The topological polar surface area (TPSA) is 46.0 Å². The average molecular weight is 127 g/mol. The number of rotatable bonds is 0. The van der Waals surface area contributed by atoms with E-state index in [9.17, 15) is 0 Å². The molecule has 9 heavy (non-hydrogen) atoms. The first kappa shape index (κ1) is 6.07. The van der Waals surface area contributed by atoms with E-state index in [1.54, 1.807) is 7.11 Å². The Labute approximate surface area is 53.6 Å². The summed E-state index contributed by atoms with van der Waals surface area (Å²) >= 11 is 0. The van der Waals surface area contributed by atoms with E-state index in [-0.39, 0.29) is 0 Å². The fourth-order valence-electron chi connectivity index (χ4n) is 0.555. The van der Waals surface area contributed by atoms with Crippen molar-refractivity contribution in [3.05, 3.63) is 0 Å². The Morgan fingerprint density at radius 1 is 1.56 bits per heavy atom. The van der Waals surface area contributed by atoms with Crippen molar-refractivity contribution in [3.63, 3.8) is 0 Å². The quantitative estimate of drug-likeness (QED) is 0.496. The van der Waals surface area contributed by atoms with E-state index in [2.05, 4.69) is 15.3 Å². The van der Waals surface area contributed by atoms with Gasteiger partial charge in [0.2, 0.25) is 0 Å². The van der Waals surface area contributed by atoms with Crippen molar-refractivity contribution >= 4 is 11.9 Å². The lowest BCUT2D eigenvalue weighted by molar-refractivity contribution is 0.386. The predicted octanol–water partition coefficient (Wildman–Crippen LogP) is -0.0321. The maximum atomic E-state index is 4.82. The lowest BCUT2D eigenvalue weighted by atomic mass is 10.6. The van der Waals surface area contributed by atoms with E-state index in [1.165, 1.54) is 0 Å². The minimum Gasteiger partial charge on any atom is -0.468 e. The second-order valence-electron chi connectivity index (χ2n) is 1.68. The second-order valence-corrected chi connectivity index (χ2v) is 1.68. The Balaban J connectivity index is 2.51. The molecule has 0 aromatic rings.